The van der Waals surface area contributed by atoms with Crippen molar-refractivity contribution in [2.75, 3.05) is 6.54 Å². The Morgan fingerprint density at radius 2 is 2.24 bits per heavy atom. The SMILES string of the molecule is CC1CC(N)CCN1Cc1cc(O)cc(F)c1. The molecule has 94 valence electrons. The van der Waals surface area contributed by atoms with Gasteiger partial charge in [0.2, 0.25) is 0 Å². The van der Waals surface area contributed by atoms with Crippen molar-refractivity contribution in [3.63, 3.8) is 0 Å². The van der Waals surface area contributed by atoms with Crippen LogP contribution in [0.25, 0.3) is 0 Å². The quantitative estimate of drug-likeness (QED) is 0.826. The number of hydrogen-bond acceptors (Lipinski definition) is 3. The topological polar surface area (TPSA) is 49.5 Å². The van der Waals surface area contributed by atoms with Gasteiger partial charge >= 0.3 is 0 Å². The lowest BCUT2D eigenvalue weighted by atomic mass is 9.98. The Hall–Kier alpha value is -1.13. The first-order valence-corrected chi connectivity index (χ1v) is 6.02. The first-order chi connectivity index (χ1) is 8.04. The number of nitrogens with two attached hydrogens (primary N) is 1. The maximum absolute atomic E-state index is 13.1. The number of rotatable bonds is 2. The minimum Gasteiger partial charge on any atom is -0.508 e. The molecule has 2 atom stereocenters. The highest BCUT2D eigenvalue weighted by atomic mass is 19.1. The minimum absolute atomic E-state index is 0.0126. The van der Waals surface area contributed by atoms with Crippen LogP contribution in [0.1, 0.15) is 25.3 Å². The van der Waals surface area contributed by atoms with Gasteiger partial charge in [-0.1, -0.05) is 0 Å². The van der Waals surface area contributed by atoms with E-state index in [1.54, 1.807) is 6.07 Å². The first kappa shape index (κ1) is 12.3. The molecule has 1 aromatic rings. The maximum atomic E-state index is 13.1. The van der Waals surface area contributed by atoms with Crippen molar-refractivity contribution in [1.29, 1.82) is 0 Å². The third-order valence-corrected chi connectivity index (χ3v) is 3.38. The third kappa shape index (κ3) is 3.17. The molecule has 1 fully saturated rings. The number of likely N-dealkylation sites (tertiary alicyclic amines) is 1. The number of piperidine rings is 1. The number of phenolic OH excluding ortho intramolecular Hbond substituents is 1. The van der Waals surface area contributed by atoms with Crippen LogP contribution in [0.2, 0.25) is 0 Å². The summed E-state index contributed by atoms with van der Waals surface area (Å²) >= 11 is 0. The molecule has 0 radical (unpaired) electrons. The summed E-state index contributed by atoms with van der Waals surface area (Å²) in [6, 6.07) is 4.90. The molecule has 0 aliphatic carbocycles. The average molecular weight is 238 g/mol. The van der Waals surface area contributed by atoms with E-state index in [0.29, 0.717) is 12.6 Å². The molecule has 0 bridgehead atoms. The van der Waals surface area contributed by atoms with E-state index in [1.165, 1.54) is 6.07 Å². The average Bonchev–Trinajstić information content (AvgIpc) is 2.21. The van der Waals surface area contributed by atoms with E-state index < -0.39 is 0 Å². The molecule has 17 heavy (non-hydrogen) atoms. The Bertz CT molecular complexity index is 377. The lowest BCUT2D eigenvalue weighted by Gasteiger charge is -2.36. The fourth-order valence-corrected chi connectivity index (χ4v) is 2.45. The number of aromatic hydroxyl groups is 1. The van der Waals surface area contributed by atoms with E-state index in [9.17, 15) is 9.50 Å². The second-order valence-corrected chi connectivity index (χ2v) is 4.92. The van der Waals surface area contributed by atoms with Gasteiger partial charge in [-0.25, -0.2) is 4.39 Å². The van der Waals surface area contributed by atoms with E-state index in [1.807, 2.05) is 0 Å². The van der Waals surface area contributed by atoms with Crippen molar-refractivity contribution >= 4 is 0 Å². The molecule has 1 aromatic carbocycles. The number of hydrogen-bond donors (Lipinski definition) is 2. The van der Waals surface area contributed by atoms with E-state index in [0.717, 1.165) is 31.0 Å². The fraction of sp³-hybridized carbons (Fsp3) is 0.538. The van der Waals surface area contributed by atoms with Crippen LogP contribution in [0.3, 0.4) is 0 Å². The van der Waals surface area contributed by atoms with Gasteiger partial charge in [0.25, 0.3) is 0 Å². The zero-order valence-corrected chi connectivity index (χ0v) is 10.1. The second kappa shape index (κ2) is 5.02. The molecule has 1 heterocycles. The van der Waals surface area contributed by atoms with Crippen molar-refractivity contribution < 1.29 is 9.50 Å². The molecule has 2 unspecified atom stereocenters. The number of nitrogens with zero attached hydrogens (tertiary/aromatic N) is 1. The van der Waals surface area contributed by atoms with Crippen LogP contribution >= 0.6 is 0 Å². The highest BCUT2D eigenvalue weighted by Crippen LogP contribution is 2.21. The van der Waals surface area contributed by atoms with Gasteiger partial charge in [-0.3, -0.25) is 4.90 Å². The van der Waals surface area contributed by atoms with Gasteiger partial charge < -0.3 is 10.8 Å². The summed E-state index contributed by atoms with van der Waals surface area (Å²) in [4.78, 5) is 2.28. The van der Waals surface area contributed by atoms with Crippen LogP contribution in [0.4, 0.5) is 4.39 Å². The number of benzene rings is 1. The van der Waals surface area contributed by atoms with Gasteiger partial charge in [-0.05, 0) is 37.5 Å². The molecule has 1 aliphatic rings. The molecule has 1 saturated heterocycles. The Labute approximate surface area is 101 Å². The van der Waals surface area contributed by atoms with Crippen LogP contribution in [0.5, 0.6) is 5.75 Å². The summed E-state index contributed by atoms with van der Waals surface area (Å²) in [5.74, 6) is -0.400. The van der Waals surface area contributed by atoms with Crippen molar-refractivity contribution in [3.8, 4) is 5.75 Å². The van der Waals surface area contributed by atoms with Crippen molar-refractivity contribution in [2.45, 2.75) is 38.4 Å². The maximum Gasteiger partial charge on any atom is 0.127 e. The summed E-state index contributed by atoms with van der Waals surface area (Å²) < 4.78 is 13.1. The Kier molecular flexibility index (Phi) is 3.64. The molecule has 2 rings (SSSR count). The Morgan fingerprint density at radius 3 is 2.88 bits per heavy atom. The van der Waals surface area contributed by atoms with E-state index >= 15 is 0 Å². The standard InChI is InChI=1S/C13H19FN2O/c1-9-4-12(15)2-3-16(9)8-10-5-11(14)7-13(17)6-10/h5-7,9,12,17H,2-4,8,15H2,1H3. The molecule has 4 heteroatoms. The lowest BCUT2D eigenvalue weighted by Crippen LogP contribution is -2.44. The molecular formula is C13H19FN2O. The van der Waals surface area contributed by atoms with E-state index in [2.05, 4.69) is 11.8 Å². The molecule has 0 amide bonds. The molecular weight excluding hydrogens is 219 g/mol. The van der Waals surface area contributed by atoms with Crippen LogP contribution in [-0.4, -0.2) is 28.6 Å². The monoisotopic (exact) mass is 238 g/mol. The Balaban J connectivity index is 2.05. The van der Waals surface area contributed by atoms with Gasteiger partial charge in [-0.15, -0.1) is 0 Å². The minimum atomic E-state index is -0.388. The van der Waals surface area contributed by atoms with Crippen LogP contribution in [0.15, 0.2) is 18.2 Å². The lowest BCUT2D eigenvalue weighted by molar-refractivity contribution is 0.140. The molecule has 1 aliphatic heterocycles. The third-order valence-electron chi connectivity index (χ3n) is 3.38. The number of phenols is 1. The van der Waals surface area contributed by atoms with Gasteiger partial charge in [0, 0.05) is 31.2 Å². The first-order valence-electron chi connectivity index (χ1n) is 6.02. The Morgan fingerprint density at radius 1 is 1.47 bits per heavy atom. The van der Waals surface area contributed by atoms with Crippen LogP contribution in [0, 0.1) is 5.82 Å². The van der Waals surface area contributed by atoms with Gasteiger partial charge in [-0.2, -0.15) is 0 Å². The summed E-state index contributed by atoms with van der Waals surface area (Å²) in [5, 5.41) is 9.35. The smallest absolute Gasteiger partial charge is 0.127 e. The van der Waals surface area contributed by atoms with Crippen molar-refractivity contribution in [3.05, 3.63) is 29.6 Å². The van der Waals surface area contributed by atoms with Gasteiger partial charge in [0.15, 0.2) is 0 Å². The largest absolute Gasteiger partial charge is 0.508 e. The fourth-order valence-electron chi connectivity index (χ4n) is 2.45. The van der Waals surface area contributed by atoms with Crippen LogP contribution in [-0.2, 0) is 6.54 Å². The zero-order chi connectivity index (χ0) is 12.4. The van der Waals surface area contributed by atoms with Gasteiger partial charge in [0.05, 0.1) is 0 Å². The molecule has 3 N–H and O–H groups in total. The summed E-state index contributed by atoms with van der Waals surface area (Å²) in [6.45, 7) is 3.73. The second-order valence-electron chi connectivity index (χ2n) is 4.92. The van der Waals surface area contributed by atoms with Crippen LogP contribution < -0.4 is 5.73 Å². The van der Waals surface area contributed by atoms with Gasteiger partial charge in [0.1, 0.15) is 11.6 Å². The predicted molar refractivity (Wildman–Crippen MR) is 65.1 cm³/mol. The zero-order valence-electron chi connectivity index (χ0n) is 10.1. The van der Waals surface area contributed by atoms with E-state index in [-0.39, 0.29) is 17.6 Å². The molecule has 3 nitrogen and oxygen atoms in total. The summed E-state index contributed by atoms with van der Waals surface area (Å²) in [6.07, 6.45) is 1.95. The molecule has 0 aromatic heterocycles. The van der Waals surface area contributed by atoms with Crippen molar-refractivity contribution in [2.24, 2.45) is 5.73 Å². The highest BCUT2D eigenvalue weighted by molar-refractivity contribution is 5.28. The highest BCUT2D eigenvalue weighted by Gasteiger charge is 2.23. The molecule has 0 saturated carbocycles. The van der Waals surface area contributed by atoms with E-state index in [4.69, 9.17) is 5.73 Å². The predicted octanol–water partition coefficient (Wildman–Crippen LogP) is 1.84. The summed E-state index contributed by atoms with van der Waals surface area (Å²) in [5.41, 5.74) is 6.71. The molecule has 0 spiro atoms. The number of halogens is 1. The normalized spacial score (nSPS) is 26.1. The summed E-state index contributed by atoms with van der Waals surface area (Å²) in [7, 11) is 0. The van der Waals surface area contributed by atoms with Crippen molar-refractivity contribution in [1.82, 2.24) is 4.90 Å².